The molecule has 0 saturated heterocycles. The van der Waals surface area contributed by atoms with Crippen LogP contribution in [0.3, 0.4) is 0 Å². The number of anilines is 1. The molecule has 0 aliphatic carbocycles. The summed E-state index contributed by atoms with van der Waals surface area (Å²) < 4.78 is 0. The quantitative estimate of drug-likeness (QED) is 0.565. The average molecular weight is 370 g/mol. The highest BCUT2D eigenvalue weighted by Gasteiger charge is 2.07. The molecule has 0 unspecified atom stereocenters. The Morgan fingerprint density at radius 3 is 2.50 bits per heavy atom. The number of amides is 2. The topological polar surface area (TPSA) is 70.6 Å². The van der Waals surface area contributed by atoms with Crippen molar-refractivity contribution in [1.82, 2.24) is 5.43 Å². The van der Waals surface area contributed by atoms with Crippen LogP contribution in [-0.4, -0.2) is 17.5 Å². The molecule has 0 bridgehead atoms. The molecule has 0 aliphatic heterocycles. The fraction of sp³-hybridized carbons (Fsp3) is 0.150. The number of hydrazone groups is 1. The van der Waals surface area contributed by atoms with Gasteiger partial charge in [0.15, 0.2) is 0 Å². The second-order valence-electron chi connectivity index (χ2n) is 5.59. The van der Waals surface area contributed by atoms with Crippen LogP contribution in [0.4, 0.5) is 5.69 Å². The number of halogens is 1. The first-order chi connectivity index (χ1) is 12.5. The summed E-state index contributed by atoms with van der Waals surface area (Å²) >= 11 is 5.86. The van der Waals surface area contributed by atoms with Gasteiger partial charge in [0.2, 0.25) is 11.8 Å². The molecular formula is C20H20ClN3O2. The normalized spacial score (nSPS) is 11.4. The lowest BCUT2D eigenvalue weighted by Crippen LogP contribution is -2.21. The van der Waals surface area contributed by atoms with E-state index < -0.39 is 0 Å². The average Bonchev–Trinajstić information content (AvgIpc) is 2.64. The largest absolute Gasteiger partial charge is 0.326 e. The number of carbonyl (C=O) groups excluding carboxylic acids is 2. The molecule has 2 rings (SSSR count). The first kappa shape index (κ1) is 19.4. The number of nitrogens with one attached hydrogen (secondary N) is 2. The van der Waals surface area contributed by atoms with E-state index in [2.05, 4.69) is 15.8 Å². The van der Waals surface area contributed by atoms with Crippen molar-refractivity contribution in [3.8, 4) is 0 Å². The number of carbonyl (C=O) groups is 2. The van der Waals surface area contributed by atoms with Gasteiger partial charge in [-0.05, 0) is 36.8 Å². The molecule has 0 radical (unpaired) electrons. The lowest BCUT2D eigenvalue weighted by Gasteiger charge is -2.05. The molecule has 2 N–H and O–H groups in total. The molecule has 0 aliphatic rings. The number of hydrogen-bond acceptors (Lipinski definition) is 3. The predicted octanol–water partition coefficient (Wildman–Crippen LogP) is 4.26. The van der Waals surface area contributed by atoms with Crippen LogP contribution in [-0.2, 0) is 9.59 Å². The molecule has 26 heavy (non-hydrogen) atoms. The van der Waals surface area contributed by atoms with Gasteiger partial charge in [-0.2, -0.15) is 5.10 Å². The van der Waals surface area contributed by atoms with E-state index in [-0.39, 0.29) is 24.7 Å². The Morgan fingerprint density at radius 1 is 1.04 bits per heavy atom. The third-order valence-corrected chi connectivity index (χ3v) is 3.60. The number of nitrogens with zero attached hydrogens (tertiary/aromatic N) is 1. The minimum Gasteiger partial charge on any atom is -0.326 e. The monoisotopic (exact) mass is 369 g/mol. The van der Waals surface area contributed by atoms with Gasteiger partial charge in [-0.3, -0.25) is 9.59 Å². The zero-order chi connectivity index (χ0) is 18.8. The van der Waals surface area contributed by atoms with Crippen molar-refractivity contribution in [2.75, 3.05) is 5.32 Å². The van der Waals surface area contributed by atoms with Gasteiger partial charge in [0.25, 0.3) is 0 Å². The van der Waals surface area contributed by atoms with Crippen LogP contribution in [0, 0.1) is 0 Å². The number of allylic oxidation sites excluding steroid dienone is 1. The highest BCUT2D eigenvalue weighted by Crippen LogP contribution is 2.15. The van der Waals surface area contributed by atoms with Crippen LogP contribution in [0.5, 0.6) is 0 Å². The van der Waals surface area contributed by atoms with Gasteiger partial charge in [-0.25, -0.2) is 5.43 Å². The maximum absolute atomic E-state index is 11.8. The summed E-state index contributed by atoms with van der Waals surface area (Å²) in [4.78, 5) is 23.6. The fourth-order valence-corrected chi connectivity index (χ4v) is 2.23. The Hall–Kier alpha value is -2.92. The van der Waals surface area contributed by atoms with E-state index in [1.54, 1.807) is 31.2 Å². The third kappa shape index (κ3) is 7.32. The maximum Gasteiger partial charge on any atom is 0.240 e. The van der Waals surface area contributed by atoms with Crippen LogP contribution in [0.15, 0.2) is 65.8 Å². The highest BCUT2D eigenvalue weighted by atomic mass is 35.5. The summed E-state index contributed by atoms with van der Waals surface area (Å²) in [7, 11) is 0. The van der Waals surface area contributed by atoms with E-state index in [1.807, 2.05) is 42.5 Å². The number of rotatable bonds is 7. The SMILES string of the molecule is CC(/C=C/c1ccccc1)=N\NC(=O)CCC(=O)Nc1cccc(Cl)c1. The van der Waals surface area contributed by atoms with Crippen LogP contribution >= 0.6 is 11.6 Å². The van der Waals surface area contributed by atoms with E-state index in [9.17, 15) is 9.59 Å². The molecule has 0 aromatic heterocycles. The van der Waals surface area contributed by atoms with Crippen molar-refractivity contribution in [1.29, 1.82) is 0 Å². The standard InChI is InChI=1S/C20H20ClN3O2/c1-15(10-11-16-6-3-2-4-7-16)23-24-20(26)13-12-19(25)22-18-9-5-8-17(21)14-18/h2-11,14H,12-13H2,1H3,(H,22,25)(H,24,26)/b11-10+,23-15+. The van der Waals surface area contributed by atoms with Gasteiger partial charge < -0.3 is 5.32 Å². The number of hydrogen-bond donors (Lipinski definition) is 2. The van der Waals surface area contributed by atoms with E-state index in [0.29, 0.717) is 16.4 Å². The Balaban J connectivity index is 1.74. The first-order valence-corrected chi connectivity index (χ1v) is 8.52. The van der Waals surface area contributed by atoms with Crippen LogP contribution < -0.4 is 10.7 Å². The van der Waals surface area contributed by atoms with Crippen LogP contribution in [0.1, 0.15) is 25.3 Å². The van der Waals surface area contributed by atoms with Crippen LogP contribution in [0.25, 0.3) is 6.08 Å². The van der Waals surface area contributed by atoms with Gasteiger partial charge in [-0.1, -0.05) is 54.1 Å². The molecule has 0 heterocycles. The zero-order valence-corrected chi connectivity index (χ0v) is 15.2. The van der Waals surface area contributed by atoms with Crippen molar-refractivity contribution >= 4 is 40.9 Å². The van der Waals surface area contributed by atoms with E-state index >= 15 is 0 Å². The van der Waals surface area contributed by atoms with Gasteiger partial charge >= 0.3 is 0 Å². The molecule has 2 amide bonds. The lowest BCUT2D eigenvalue weighted by atomic mass is 10.2. The smallest absolute Gasteiger partial charge is 0.240 e. The van der Waals surface area contributed by atoms with Crippen molar-refractivity contribution in [2.45, 2.75) is 19.8 Å². The van der Waals surface area contributed by atoms with Gasteiger partial charge in [-0.15, -0.1) is 0 Å². The van der Waals surface area contributed by atoms with Crippen molar-refractivity contribution < 1.29 is 9.59 Å². The lowest BCUT2D eigenvalue weighted by molar-refractivity contribution is -0.124. The second-order valence-corrected chi connectivity index (χ2v) is 6.03. The summed E-state index contributed by atoms with van der Waals surface area (Å²) in [6.07, 6.45) is 3.82. The summed E-state index contributed by atoms with van der Waals surface area (Å²) in [6.45, 7) is 1.78. The maximum atomic E-state index is 11.8. The van der Waals surface area contributed by atoms with Gasteiger partial charge in [0.05, 0.1) is 5.71 Å². The first-order valence-electron chi connectivity index (χ1n) is 8.14. The molecule has 0 fully saturated rings. The molecule has 2 aromatic carbocycles. The minimum absolute atomic E-state index is 0.0472. The zero-order valence-electron chi connectivity index (χ0n) is 14.4. The molecule has 0 spiro atoms. The van der Waals surface area contributed by atoms with Crippen molar-refractivity contribution in [3.63, 3.8) is 0 Å². The van der Waals surface area contributed by atoms with Crippen LogP contribution in [0.2, 0.25) is 5.02 Å². The van der Waals surface area contributed by atoms with Gasteiger partial charge in [0, 0.05) is 23.6 Å². The summed E-state index contributed by atoms with van der Waals surface area (Å²) in [6, 6.07) is 16.6. The molecule has 0 atom stereocenters. The number of benzene rings is 2. The molecule has 5 nitrogen and oxygen atoms in total. The second kappa shape index (κ2) is 10.2. The van der Waals surface area contributed by atoms with E-state index in [1.165, 1.54) is 0 Å². The minimum atomic E-state index is -0.321. The van der Waals surface area contributed by atoms with Crippen molar-refractivity contribution in [2.24, 2.45) is 5.10 Å². The Kier molecular flexibility index (Phi) is 7.58. The molecule has 0 saturated carbocycles. The summed E-state index contributed by atoms with van der Waals surface area (Å²) in [5.74, 6) is -0.578. The van der Waals surface area contributed by atoms with E-state index in [0.717, 1.165) is 5.56 Å². The molecule has 2 aromatic rings. The summed E-state index contributed by atoms with van der Waals surface area (Å²) in [5, 5.41) is 7.22. The Morgan fingerprint density at radius 2 is 1.77 bits per heavy atom. The molecular weight excluding hydrogens is 350 g/mol. The highest BCUT2D eigenvalue weighted by molar-refractivity contribution is 6.30. The molecule has 134 valence electrons. The Bertz CT molecular complexity index is 817. The summed E-state index contributed by atoms with van der Waals surface area (Å²) in [5.41, 5.74) is 4.75. The fourth-order valence-electron chi connectivity index (χ4n) is 2.04. The molecule has 6 heteroatoms. The third-order valence-electron chi connectivity index (χ3n) is 3.36. The Labute approximate surface area is 157 Å². The van der Waals surface area contributed by atoms with Gasteiger partial charge in [0.1, 0.15) is 0 Å². The van der Waals surface area contributed by atoms with E-state index in [4.69, 9.17) is 11.6 Å². The predicted molar refractivity (Wildman–Crippen MR) is 106 cm³/mol. The van der Waals surface area contributed by atoms with Crippen molar-refractivity contribution in [3.05, 3.63) is 71.3 Å².